The van der Waals surface area contributed by atoms with Gasteiger partial charge in [0.25, 0.3) is 5.91 Å². The van der Waals surface area contributed by atoms with Crippen molar-refractivity contribution >= 4 is 11.9 Å². The third kappa shape index (κ3) is 5.25. The number of hydrogen-bond acceptors (Lipinski definition) is 2. The van der Waals surface area contributed by atoms with Crippen molar-refractivity contribution in [1.29, 1.82) is 0 Å². The molecule has 120 valence electrons. The minimum Gasteiger partial charge on any atom is -0.480 e. The molecule has 1 amide bonds. The van der Waals surface area contributed by atoms with Crippen LogP contribution in [0.4, 0.5) is 0 Å². The molecule has 0 spiro atoms. The van der Waals surface area contributed by atoms with Crippen molar-refractivity contribution < 1.29 is 14.7 Å². The van der Waals surface area contributed by atoms with Gasteiger partial charge in [0.2, 0.25) is 0 Å². The molecule has 0 fully saturated rings. The van der Waals surface area contributed by atoms with Crippen LogP contribution in [0.25, 0.3) is 0 Å². The summed E-state index contributed by atoms with van der Waals surface area (Å²) >= 11 is 0. The summed E-state index contributed by atoms with van der Waals surface area (Å²) in [7, 11) is 0. The van der Waals surface area contributed by atoms with Crippen LogP contribution in [-0.2, 0) is 11.2 Å². The number of aliphatic carboxylic acids is 1. The number of nitrogens with one attached hydrogen (secondary N) is 1. The van der Waals surface area contributed by atoms with Gasteiger partial charge in [-0.15, -0.1) is 0 Å². The number of carboxylic acids is 1. The number of carboxylic acid groups (broad SMARTS) is 1. The van der Waals surface area contributed by atoms with Crippen molar-refractivity contribution in [3.63, 3.8) is 0 Å². The van der Waals surface area contributed by atoms with E-state index in [1.54, 1.807) is 18.2 Å². The van der Waals surface area contributed by atoms with Gasteiger partial charge in [0.05, 0.1) is 0 Å². The number of aryl methyl sites for hydroxylation is 2. The van der Waals surface area contributed by atoms with Gasteiger partial charge in [-0.25, -0.2) is 4.79 Å². The molecule has 0 aromatic heterocycles. The van der Waals surface area contributed by atoms with E-state index in [-0.39, 0.29) is 5.91 Å². The molecule has 2 aromatic carbocycles. The van der Waals surface area contributed by atoms with Crippen LogP contribution in [0.2, 0.25) is 0 Å². The third-order valence-corrected chi connectivity index (χ3v) is 3.68. The molecule has 0 heterocycles. The predicted octanol–water partition coefficient (Wildman–Crippen LogP) is 3.20. The predicted molar refractivity (Wildman–Crippen MR) is 89.4 cm³/mol. The average Bonchev–Trinajstić information content (AvgIpc) is 2.54. The third-order valence-electron chi connectivity index (χ3n) is 3.68. The molecule has 1 unspecified atom stereocenters. The van der Waals surface area contributed by atoms with E-state index >= 15 is 0 Å². The lowest BCUT2D eigenvalue weighted by Gasteiger charge is -2.14. The smallest absolute Gasteiger partial charge is 0.326 e. The maximum absolute atomic E-state index is 12.2. The van der Waals surface area contributed by atoms with Crippen molar-refractivity contribution in [2.45, 2.75) is 32.2 Å². The Balaban J connectivity index is 1.91. The molecule has 2 N–H and O–H groups in total. The first kappa shape index (κ1) is 16.7. The number of rotatable bonds is 7. The SMILES string of the molecule is Cc1cccc(C(=O)NC(CCCc2ccccc2)C(=O)O)c1. The molecule has 2 aromatic rings. The average molecular weight is 311 g/mol. The summed E-state index contributed by atoms with van der Waals surface area (Å²) in [6, 6.07) is 16.2. The molecule has 4 nitrogen and oxygen atoms in total. The topological polar surface area (TPSA) is 66.4 Å². The summed E-state index contributed by atoms with van der Waals surface area (Å²) < 4.78 is 0. The van der Waals surface area contributed by atoms with Crippen LogP contribution >= 0.6 is 0 Å². The fraction of sp³-hybridized carbons (Fsp3) is 0.263. The van der Waals surface area contributed by atoms with Gasteiger partial charge in [0.1, 0.15) is 6.04 Å². The number of benzene rings is 2. The Kier molecular flexibility index (Phi) is 5.92. The van der Waals surface area contributed by atoms with Crippen molar-refractivity contribution in [1.82, 2.24) is 5.32 Å². The first-order valence-corrected chi connectivity index (χ1v) is 7.70. The molecular formula is C19H21NO3. The normalized spacial score (nSPS) is 11.7. The Bertz CT molecular complexity index is 667. The summed E-state index contributed by atoms with van der Waals surface area (Å²) in [5, 5.41) is 11.9. The Labute approximate surface area is 136 Å². The lowest BCUT2D eigenvalue weighted by atomic mass is 10.0. The van der Waals surface area contributed by atoms with Crippen LogP contribution in [0.1, 0.15) is 34.3 Å². The molecule has 0 bridgehead atoms. The largest absolute Gasteiger partial charge is 0.480 e. The van der Waals surface area contributed by atoms with E-state index in [1.807, 2.05) is 43.3 Å². The molecule has 4 heteroatoms. The second-order valence-corrected chi connectivity index (χ2v) is 5.61. The zero-order valence-electron chi connectivity index (χ0n) is 13.2. The zero-order chi connectivity index (χ0) is 16.7. The highest BCUT2D eigenvalue weighted by atomic mass is 16.4. The molecule has 0 aliphatic heterocycles. The fourth-order valence-corrected chi connectivity index (χ4v) is 2.44. The summed E-state index contributed by atoms with van der Waals surface area (Å²) in [5.74, 6) is -1.35. The highest BCUT2D eigenvalue weighted by molar-refractivity contribution is 5.96. The van der Waals surface area contributed by atoms with Crippen LogP contribution in [0.5, 0.6) is 0 Å². The molecule has 0 radical (unpaired) electrons. The number of carbonyl (C=O) groups excluding carboxylic acids is 1. The molecule has 0 aliphatic carbocycles. The standard InChI is InChI=1S/C19H21NO3/c1-14-7-5-11-16(13-14)18(21)20-17(19(22)23)12-6-10-15-8-3-2-4-9-15/h2-5,7-9,11,13,17H,6,10,12H2,1H3,(H,20,21)(H,22,23). The summed E-state index contributed by atoms with van der Waals surface area (Å²) in [6.45, 7) is 1.89. The number of hydrogen-bond donors (Lipinski definition) is 2. The van der Waals surface area contributed by atoms with E-state index in [4.69, 9.17) is 0 Å². The first-order valence-electron chi connectivity index (χ1n) is 7.70. The van der Waals surface area contributed by atoms with E-state index in [0.717, 1.165) is 12.0 Å². The molecule has 1 atom stereocenters. The van der Waals surface area contributed by atoms with E-state index in [2.05, 4.69) is 5.32 Å². The van der Waals surface area contributed by atoms with Crippen LogP contribution < -0.4 is 5.32 Å². The second kappa shape index (κ2) is 8.13. The maximum atomic E-state index is 12.2. The minimum absolute atomic E-state index is 0.346. The lowest BCUT2D eigenvalue weighted by Crippen LogP contribution is -2.40. The summed E-state index contributed by atoms with van der Waals surface area (Å²) in [4.78, 5) is 23.5. The Morgan fingerprint density at radius 2 is 1.83 bits per heavy atom. The monoisotopic (exact) mass is 311 g/mol. The van der Waals surface area contributed by atoms with E-state index in [1.165, 1.54) is 5.56 Å². The van der Waals surface area contributed by atoms with Crippen molar-refractivity contribution in [3.05, 3.63) is 71.3 Å². The molecule has 0 aliphatic rings. The van der Waals surface area contributed by atoms with Crippen molar-refractivity contribution in [2.24, 2.45) is 0 Å². The van der Waals surface area contributed by atoms with Crippen LogP contribution in [0.3, 0.4) is 0 Å². The zero-order valence-corrected chi connectivity index (χ0v) is 13.2. The maximum Gasteiger partial charge on any atom is 0.326 e. The van der Waals surface area contributed by atoms with Gasteiger partial charge in [-0.05, 0) is 43.9 Å². The lowest BCUT2D eigenvalue weighted by molar-refractivity contribution is -0.139. The Morgan fingerprint density at radius 1 is 1.09 bits per heavy atom. The first-order chi connectivity index (χ1) is 11.1. The molecular weight excluding hydrogens is 290 g/mol. The minimum atomic E-state index is -1.00. The second-order valence-electron chi connectivity index (χ2n) is 5.61. The highest BCUT2D eigenvalue weighted by Crippen LogP contribution is 2.09. The Hall–Kier alpha value is -2.62. The number of carbonyl (C=O) groups is 2. The van der Waals surface area contributed by atoms with E-state index in [0.29, 0.717) is 18.4 Å². The van der Waals surface area contributed by atoms with Crippen LogP contribution in [0.15, 0.2) is 54.6 Å². The molecule has 23 heavy (non-hydrogen) atoms. The van der Waals surface area contributed by atoms with Crippen LogP contribution in [-0.4, -0.2) is 23.0 Å². The van der Waals surface area contributed by atoms with Gasteiger partial charge in [-0.3, -0.25) is 4.79 Å². The van der Waals surface area contributed by atoms with Gasteiger partial charge < -0.3 is 10.4 Å². The van der Waals surface area contributed by atoms with Gasteiger partial charge in [0, 0.05) is 5.56 Å². The molecule has 0 saturated heterocycles. The van der Waals surface area contributed by atoms with Gasteiger partial charge in [-0.1, -0.05) is 48.0 Å². The molecule has 0 saturated carbocycles. The fourth-order valence-electron chi connectivity index (χ4n) is 2.44. The van der Waals surface area contributed by atoms with Crippen molar-refractivity contribution in [2.75, 3.05) is 0 Å². The molecule has 2 rings (SSSR count). The highest BCUT2D eigenvalue weighted by Gasteiger charge is 2.20. The van der Waals surface area contributed by atoms with Crippen molar-refractivity contribution in [3.8, 4) is 0 Å². The van der Waals surface area contributed by atoms with Gasteiger partial charge >= 0.3 is 5.97 Å². The quantitative estimate of drug-likeness (QED) is 0.825. The van der Waals surface area contributed by atoms with Gasteiger partial charge in [-0.2, -0.15) is 0 Å². The number of amides is 1. The Morgan fingerprint density at radius 3 is 2.48 bits per heavy atom. The summed E-state index contributed by atoms with van der Waals surface area (Å²) in [5.41, 5.74) is 2.62. The van der Waals surface area contributed by atoms with E-state index < -0.39 is 12.0 Å². The van der Waals surface area contributed by atoms with Crippen LogP contribution in [0, 0.1) is 6.92 Å². The van der Waals surface area contributed by atoms with E-state index in [9.17, 15) is 14.7 Å². The summed E-state index contributed by atoms with van der Waals surface area (Å²) in [6.07, 6.45) is 1.90. The van der Waals surface area contributed by atoms with Gasteiger partial charge in [0.15, 0.2) is 0 Å².